The zero-order chi connectivity index (χ0) is 14.4. The van der Waals surface area contributed by atoms with Gasteiger partial charge >= 0.3 is 18.0 Å². The first-order valence-corrected chi connectivity index (χ1v) is 6.00. The molecule has 0 bridgehead atoms. The predicted molar refractivity (Wildman–Crippen MR) is 63.7 cm³/mol. The third kappa shape index (κ3) is 5.12. The van der Waals surface area contributed by atoms with Gasteiger partial charge in [-0.05, 0) is 13.3 Å². The second-order valence-corrected chi connectivity index (χ2v) is 4.47. The smallest absolute Gasteiger partial charge is 0.326 e. The van der Waals surface area contributed by atoms with E-state index in [0.29, 0.717) is 13.2 Å². The molecule has 1 heterocycles. The number of carbonyl (C=O) groups excluding carboxylic acids is 1. The van der Waals surface area contributed by atoms with E-state index in [0.717, 1.165) is 6.42 Å². The van der Waals surface area contributed by atoms with Gasteiger partial charge < -0.3 is 25.6 Å². The van der Waals surface area contributed by atoms with Crippen molar-refractivity contribution in [2.75, 3.05) is 13.2 Å². The van der Waals surface area contributed by atoms with Gasteiger partial charge in [0, 0.05) is 19.1 Å². The summed E-state index contributed by atoms with van der Waals surface area (Å²) in [6.07, 6.45) is 0.222. The lowest BCUT2D eigenvalue weighted by Crippen LogP contribution is -2.48. The zero-order valence-electron chi connectivity index (χ0n) is 10.6. The second kappa shape index (κ2) is 6.93. The summed E-state index contributed by atoms with van der Waals surface area (Å²) in [6.45, 7) is 2.92. The van der Waals surface area contributed by atoms with Crippen LogP contribution < -0.4 is 10.6 Å². The van der Waals surface area contributed by atoms with Crippen molar-refractivity contribution < 1.29 is 29.3 Å². The molecule has 1 aliphatic heterocycles. The summed E-state index contributed by atoms with van der Waals surface area (Å²) in [4.78, 5) is 32.7. The zero-order valence-corrected chi connectivity index (χ0v) is 10.6. The highest BCUT2D eigenvalue weighted by atomic mass is 16.5. The summed E-state index contributed by atoms with van der Waals surface area (Å²) >= 11 is 0. The van der Waals surface area contributed by atoms with Crippen LogP contribution in [0.1, 0.15) is 19.8 Å². The van der Waals surface area contributed by atoms with Gasteiger partial charge in [0.05, 0.1) is 12.5 Å². The van der Waals surface area contributed by atoms with E-state index in [9.17, 15) is 14.4 Å². The topological polar surface area (TPSA) is 125 Å². The van der Waals surface area contributed by atoms with Crippen molar-refractivity contribution in [3.63, 3.8) is 0 Å². The van der Waals surface area contributed by atoms with Crippen LogP contribution in [0.15, 0.2) is 0 Å². The SMILES string of the molecule is CC1OCCC1CNC(=O)N[C@H](CC(=O)O)C(=O)O. The molecular formula is C11H18N2O6. The van der Waals surface area contributed by atoms with Gasteiger partial charge in [0.1, 0.15) is 6.04 Å². The van der Waals surface area contributed by atoms with Crippen molar-refractivity contribution in [3.8, 4) is 0 Å². The number of hydrogen-bond acceptors (Lipinski definition) is 4. The van der Waals surface area contributed by atoms with Gasteiger partial charge in [-0.15, -0.1) is 0 Å². The average Bonchev–Trinajstić information content (AvgIpc) is 2.70. The monoisotopic (exact) mass is 274 g/mol. The Bertz CT molecular complexity index is 359. The Kier molecular flexibility index (Phi) is 5.56. The van der Waals surface area contributed by atoms with Gasteiger partial charge in [-0.3, -0.25) is 4.79 Å². The lowest BCUT2D eigenvalue weighted by Gasteiger charge is -2.17. The van der Waals surface area contributed by atoms with Crippen LogP contribution in [0.2, 0.25) is 0 Å². The van der Waals surface area contributed by atoms with Crippen LogP contribution in [0, 0.1) is 5.92 Å². The fourth-order valence-corrected chi connectivity index (χ4v) is 1.85. The van der Waals surface area contributed by atoms with Gasteiger partial charge in [-0.2, -0.15) is 0 Å². The van der Waals surface area contributed by atoms with Crippen LogP contribution in [0.25, 0.3) is 0 Å². The van der Waals surface area contributed by atoms with Crippen LogP contribution in [-0.2, 0) is 14.3 Å². The maximum atomic E-state index is 11.5. The van der Waals surface area contributed by atoms with Crippen molar-refractivity contribution in [1.82, 2.24) is 10.6 Å². The number of carboxylic acid groups (broad SMARTS) is 2. The normalized spacial score (nSPS) is 23.6. The number of hydrogen-bond donors (Lipinski definition) is 4. The minimum atomic E-state index is -1.44. The van der Waals surface area contributed by atoms with Gasteiger partial charge in [0.2, 0.25) is 0 Å². The summed E-state index contributed by atoms with van der Waals surface area (Å²) in [7, 11) is 0. The number of nitrogens with one attached hydrogen (secondary N) is 2. The largest absolute Gasteiger partial charge is 0.481 e. The molecule has 3 atom stereocenters. The molecule has 8 nitrogen and oxygen atoms in total. The van der Waals surface area contributed by atoms with Crippen molar-refractivity contribution >= 4 is 18.0 Å². The molecular weight excluding hydrogens is 256 g/mol. The molecule has 0 saturated carbocycles. The quantitative estimate of drug-likeness (QED) is 0.524. The molecule has 2 amide bonds. The molecule has 0 aromatic heterocycles. The number of urea groups is 1. The molecule has 1 saturated heterocycles. The predicted octanol–water partition coefficient (Wildman–Crippen LogP) is -0.361. The lowest BCUT2D eigenvalue weighted by atomic mass is 10.0. The van der Waals surface area contributed by atoms with Gasteiger partial charge in [-0.1, -0.05) is 0 Å². The molecule has 0 spiro atoms. The molecule has 1 rings (SSSR count). The van der Waals surface area contributed by atoms with E-state index in [2.05, 4.69) is 10.6 Å². The van der Waals surface area contributed by atoms with Gasteiger partial charge in [0.15, 0.2) is 0 Å². The van der Waals surface area contributed by atoms with E-state index in [1.807, 2.05) is 6.92 Å². The first kappa shape index (κ1) is 15.2. The summed E-state index contributed by atoms with van der Waals surface area (Å²) in [5.74, 6) is -2.48. The molecule has 0 aromatic carbocycles. The Hall–Kier alpha value is -1.83. The molecule has 2 unspecified atom stereocenters. The van der Waals surface area contributed by atoms with Crippen molar-refractivity contribution in [1.29, 1.82) is 0 Å². The number of ether oxygens (including phenoxy) is 1. The van der Waals surface area contributed by atoms with Gasteiger partial charge in [-0.25, -0.2) is 9.59 Å². The average molecular weight is 274 g/mol. The number of carboxylic acids is 2. The van der Waals surface area contributed by atoms with E-state index in [4.69, 9.17) is 14.9 Å². The Morgan fingerprint density at radius 3 is 2.53 bits per heavy atom. The number of carbonyl (C=O) groups is 3. The molecule has 1 fully saturated rings. The molecule has 19 heavy (non-hydrogen) atoms. The summed E-state index contributed by atoms with van der Waals surface area (Å²) in [6, 6.07) is -2.12. The summed E-state index contributed by atoms with van der Waals surface area (Å²) in [5.41, 5.74) is 0. The van der Waals surface area contributed by atoms with E-state index in [1.165, 1.54) is 0 Å². The Balaban J connectivity index is 2.35. The molecule has 0 radical (unpaired) electrons. The minimum Gasteiger partial charge on any atom is -0.481 e. The van der Waals surface area contributed by atoms with Gasteiger partial charge in [0.25, 0.3) is 0 Å². The first-order valence-electron chi connectivity index (χ1n) is 6.00. The third-order valence-electron chi connectivity index (χ3n) is 3.04. The van der Waals surface area contributed by atoms with Crippen LogP contribution in [0.4, 0.5) is 4.79 Å². The van der Waals surface area contributed by atoms with Crippen molar-refractivity contribution in [2.24, 2.45) is 5.92 Å². The van der Waals surface area contributed by atoms with E-state index < -0.39 is 30.4 Å². The second-order valence-electron chi connectivity index (χ2n) is 4.47. The summed E-state index contributed by atoms with van der Waals surface area (Å²) < 4.78 is 5.33. The maximum Gasteiger partial charge on any atom is 0.326 e. The Morgan fingerprint density at radius 2 is 2.05 bits per heavy atom. The molecule has 4 N–H and O–H groups in total. The summed E-state index contributed by atoms with van der Waals surface area (Å²) in [5, 5.41) is 21.9. The highest BCUT2D eigenvalue weighted by Crippen LogP contribution is 2.19. The van der Waals surface area contributed by atoms with E-state index in [-0.39, 0.29) is 12.0 Å². The van der Waals surface area contributed by atoms with Crippen molar-refractivity contribution in [3.05, 3.63) is 0 Å². The Morgan fingerprint density at radius 1 is 1.37 bits per heavy atom. The fraction of sp³-hybridized carbons (Fsp3) is 0.727. The highest BCUT2D eigenvalue weighted by Gasteiger charge is 2.26. The molecule has 1 aliphatic rings. The molecule has 0 aromatic rings. The fourth-order valence-electron chi connectivity index (χ4n) is 1.85. The highest BCUT2D eigenvalue weighted by molar-refractivity contribution is 5.86. The standard InChI is InChI=1S/C11H18N2O6/c1-6-7(2-3-19-6)5-12-11(18)13-8(10(16)17)4-9(14)15/h6-8H,2-5H2,1H3,(H,14,15)(H,16,17)(H2,12,13,18)/t6?,7?,8-/m1/s1. The van der Waals surface area contributed by atoms with E-state index in [1.54, 1.807) is 0 Å². The number of amides is 2. The van der Waals surface area contributed by atoms with Crippen LogP contribution in [0.3, 0.4) is 0 Å². The minimum absolute atomic E-state index is 0.0505. The third-order valence-corrected chi connectivity index (χ3v) is 3.04. The van der Waals surface area contributed by atoms with Crippen LogP contribution in [0.5, 0.6) is 0 Å². The maximum absolute atomic E-state index is 11.5. The number of rotatable bonds is 6. The molecule has 8 heteroatoms. The number of aliphatic carboxylic acids is 2. The lowest BCUT2D eigenvalue weighted by molar-refractivity contribution is -0.145. The van der Waals surface area contributed by atoms with Crippen LogP contribution in [-0.4, -0.2) is 53.5 Å². The molecule has 0 aliphatic carbocycles. The Labute approximate surface area is 110 Å². The van der Waals surface area contributed by atoms with Crippen LogP contribution >= 0.6 is 0 Å². The molecule has 108 valence electrons. The first-order chi connectivity index (χ1) is 8.90. The van der Waals surface area contributed by atoms with E-state index >= 15 is 0 Å². The van der Waals surface area contributed by atoms with Crippen molar-refractivity contribution in [2.45, 2.75) is 31.9 Å².